The standard InChI is InChI=1S/C22H31F3/c1-2-3-4-15-5-7-16(8-6-15)17-9-11-18(12-10-17)19-13-20(23)22(25)21(24)14-19/h13-18H,2-12H2,1H3. The molecule has 0 nitrogen and oxygen atoms in total. The average Bonchev–Trinajstić information content (AvgIpc) is 2.64. The molecule has 140 valence electrons. The highest BCUT2D eigenvalue weighted by molar-refractivity contribution is 5.23. The highest BCUT2D eigenvalue weighted by atomic mass is 19.2. The Morgan fingerprint density at radius 2 is 1.32 bits per heavy atom. The minimum absolute atomic E-state index is 0.182. The first-order valence-corrected chi connectivity index (χ1v) is 10.2. The van der Waals surface area contributed by atoms with E-state index in [0.29, 0.717) is 5.56 Å². The van der Waals surface area contributed by atoms with E-state index in [0.717, 1.165) is 43.4 Å². The number of halogens is 3. The zero-order valence-corrected chi connectivity index (χ0v) is 15.4. The van der Waals surface area contributed by atoms with Crippen LogP contribution in [-0.2, 0) is 0 Å². The molecule has 0 heterocycles. The monoisotopic (exact) mass is 352 g/mol. The van der Waals surface area contributed by atoms with Crippen molar-refractivity contribution in [2.24, 2.45) is 17.8 Å². The number of benzene rings is 1. The van der Waals surface area contributed by atoms with E-state index in [1.807, 2.05) is 0 Å². The van der Waals surface area contributed by atoms with Gasteiger partial charge in [-0.1, -0.05) is 39.0 Å². The molecule has 3 heteroatoms. The number of hydrogen-bond donors (Lipinski definition) is 0. The van der Waals surface area contributed by atoms with E-state index < -0.39 is 17.5 Å². The number of unbranched alkanes of at least 4 members (excludes halogenated alkanes) is 1. The fourth-order valence-corrected chi connectivity index (χ4v) is 5.18. The molecule has 0 N–H and O–H groups in total. The predicted octanol–water partition coefficient (Wildman–Crippen LogP) is 7.37. The van der Waals surface area contributed by atoms with Crippen molar-refractivity contribution in [2.45, 2.75) is 83.5 Å². The first kappa shape index (κ1) is 18.8. The Morgan fingerprint density at radius 1 is 0.800 bits per heavy atom. The molecule has 0 bridgehead atoms. The Hall–Kier alpha value is -0.990. The number of rotatable bonds is 5. The van der Waals surface area contributed by atoms with E-state index in [1.165, 1.54) is 57.1 Å². The summed E-state index contributed by atoms with van der Waals surface area (Å²) >= 11 is 0. The Bertz CT molecular complexity index is 529. The van der Waals surface area contributed by atoms with Crippen LogP contribution < -0.4 is 0 Å². The SMILES string of the molecule is CCCCC1CCC(C2CCC(c3cc(F)c(F)c(F)c3)CC2)CC1. The van der Waals surface area contributed by atoms with Crippen molar-refractivity contribution in [3.8, 4) is 0 Å². The van der Waals surface area contributed by atoms with E-state index in [4.69, 9.17) is 0 Å². The fourth-order valence-electron chi connectivity index (χ4n) is 5.18. The quantitative estimate of drug-likeness (QED) is 0.485. The summed E-state index contributed by atoms with van der Waals surface area (Å²) in [6.07, 6.45) is 13.8. The zero-order chi connectivity index (χ0) is 17.8. The maximum Gasteiger partial charge on any atom is 0.194 e. The molecular formula is C22H31F3. The normalized spacial score (nSPS) is 30.4. The molecule has 0 radical (unpaired) electrons. The fraction of sp³-hybridized carbons (Fsp3) is 0.727. The second-order valence-electron chi connectivity index (χ2n) is 8.33. The molecule has 0 amide bonds. The van der Waals surface area contributed by atoms with Crippen LogP contribution >= 0.6 is 0 Å². The summed E-state index contributed by atoms with van der Waals surface area (Å²) in [6.45, 7) is 2.27. The third-order valence-corrected chi connectivity index (χ3v) is 6.77. The van der Waals surface area contributed by atoms with Crippen LogP contribution in [0.1, 0.15) is 89.0 Å². The lowest BCUT2D eigenvalue weighted by Crippen LogP contribution is -2.25. The molecule has 25 heavy (non-hydrogen) atoms. The summed E-state index contributed by atoms with van der Waals surface area (Å²) in [5.74, 6) is -0.708. The topological polar surface area (TPSA) is 0 Å². The molecule has 2 aliphatic rings. The van der Waals surface area contributed by atoms with Crippen LogP contribution in [0.25, 0.3) is 0 Å². The lowest BCUT2D eigenvalue weighted by atomic mass is 9.68. The van der Waals surface area contributed by atoms with Gasteiger partial charge in [0.05, 0.1) is 0 Å². The highest BCUT2D eigenvalue weighted by Gasteiger charge is 2.31. The first-order valence-electron chi connectivity index (χ1n) is 10.2. The second kappa shape index (κ2) is 8.60. The molecular weight excluding hydrogens is 321 g/mol. The average molecular weight is 352 g/mol. The third-order valence-electron chi connectivity index (χ3n) is 6.77. The van der Waals surface area contributed by atoms with Crippen molar-refractivity contribution in [1.29, 1.82) is 0 Å². The summed E-state index contributed by atoms with van der Waals surface area (Å²) in [6, 6.07) is 2.39. The largest absolute Gasteiger partial charge is 0.204 e. The lowest BCUT2D eigenvalue weighted by molar-refractivity contribution is 0.155. The molecule has 0 atom stereocenters. The van der Waals surface area contributed by atoms with Crippen LogP contribution in [0.5, 0.6) is 0 Å². The summed E-state index contributed by atoms with van der Waals surface area (Å²) < 4.78 is 40.1. The Kier molecular flexibility index (Phi) is 6.46. The van der Waals surface area contributed by atoms with Crippen LogP contribution in [0.3, 0.4) is 0 Å². The third kappa shape index (κ3) is 4.60. The molecule has 0 saturated heterocycles. The zero-order valence-electron chi connectivity index (χ0n) is 15.4. The van der Waals surface area contributed by atoms with Gasteiger partial charge in [0.2, 0.25) is 0 Å². The van der Waals surface area contributed by atoms with Crippen LogP contribution in [0.4, 0.5) is 13.2 Å². The van der Waals surface area contributed by atoms with Gasteiger partial charge in [0.1, 0.15) is 0 Å². The summed E-state index contributed by atoms with van der Waals surface area (Å²) in [7, 11) is 0. The van der Waals surface area contributed by atoms with Gasteiger partial charge < -0.3 is 0 Å². The molecule has 3 rings (SSSR count). The molecule has 1 aromatic rings. The maximum atomic E-state index is 13.5. The molecule has 0 aliphatic heterocycles. The molecule has 0 spiro atoms. The van der Waals surface area contributed by atoms with Crippen molar-refractivity contribution in [3.05, 3.63) is 35.1 Å². The summed E-state index contributed by atoms with van der Waals surface area (Å²) in [4.78, 5) is 0. The number of hydrogen-bond acceptors (Lipinski definition) is 0. The van der Waals surface area contributed by atoms with Crippen LogP contribution in [0.2, 0.25) is 0 Å². The van der Waals surface area contributed by atoms with Crippen LogP contribution in [0, 0.1) is 35.2 Å². The molecule has 1 aromatic carbocycles. The van der Waals surface area contributed by atoms with E-state index in [-0.39, 0.29) is 5.92 Å². The van der Waals surface area contributed by atoms with Crippen molar-refractivity contribution in [3.63, 3.8) is 0 Å². The van der Waals surface area contributed by atoms with Gasteiger partial charge in [-0.25, -0.2) is 13.2 Å². The van der Waals surface area contributed by atoms with Crippen molar-refractivity contribution >= 4 is 0 Å². The van der Waals surface area contributed by atoms with E-state index >= 15 is 0 Å². The Labute approximate surface area is 150 Å². The van der Waals surface area contributed by atoms with Crippen molar-refractivity contribution in [1.82, 2.24) is 0 Å². The van der Waals surface area contributed by atoms with Gasteiger partial charge in [0, 0.05) is 0 Å². The molecule has 0 unspecified atom stereocenters. The van der Waals surface area contributed by atoms with E-state index in [1.54, 1.807) is 0 Å². The molecule has 0 aromatic heterocycles. The van der Waals surface area contributed by atoms with Crippen molar-refractivity contribution < 1.29 is 13.2 Å². The molecule has 2 saturated carbocycles. The van der Waals surface area contributed by atoms with Gasteiger partial charge in [-0.2, -0.15) is 0 Å². The predicted molar refractivity (Wildman–Crippen MR) is 96.0 cm³/mol. The first-order chi connectivity index (χ1) is 12.1. The smallest absolute Gasteiger partial charge is 0.194 e. The molecule has 2 aliphatic carbocycles. The second-order valence-corrected chi connectivity index (χ2v) is 8.33. The minimum atomic E-state index is -1.35. The Balaban J connectivity index is 1.49. The minimum Gasteiger partial charge on any atom is -0.204 e. The molecule has 2 fully saturated rings. The van der Waals surface area contributed by atoms with E-state index in [9.17, 15) is 13.2 Å². The van der Waals surface area contributed by atoms with Gasteiger partial charge in [-0.15, -0.1) is 0 Å². The summed E-state index contributed by atoms with van der Waals surface area (Å²) in [5.41, 5.74) is 0.637. The van der Waals surface area contributed by atoms with Crippen LogP contribution in [-0.4, -0.2) is 0 Å². The highest BCUT2D eigenvalue weighted by Crippen LogP contribution is 2.44. The van der Waals surface area contributed by atoms with Gasteiger partial charge >= 0.3 is 0 Å². The van der Waals surface area contributed by atoms with Gasteiger partial charge in [0.25, 0.3) is 0 Å². The van der Waals surface area contributed by atoms with Gasteiger partial charge in [-0.05, 0) is 79.9 Å². The van der Waals surface area contributed by atoms with Crippen molar-refractivity contribution in [2.75, 3.05) is 0 Å². The lowest BCUT2D eigenvalue weighted by Gasteiger charge is -2.38. The van der Waals surface area contributed by atoms with Crippen LogP contribution in [0.15, 0.2) is 12.1 Å². The van der Waals surface area contributed by atoms with Gasteiger partial charge in [-0.3, -0.25) is 0 Å². The van der Waals surface area contributed by atoms with E-state index in [2.05, 4.69) is 6.92 Å². The summed E-state index contributed by atoms with van der Waals surface area (Å²) in [5, 5.41) is 0. The maximum absolute atomic E-state index is 13.5. The van der Waals surface area contributed by atoms with Gasteiger partial charge in [0.15, 0.2) is 17.5 Å². The Morgan fingerprint density at radius 3 is 1.84 bits per heavy atom.